The number of hydrogen-bond acceptors (Lipinski definition) is 7. The van der Waals surface area contributed by atoms with Crippen LogP contribution in [0.1, 0.15) is 149 Å². The van der Waals surface area contributed by atoms with Crippen molar-refractivity contribution in [2.45, 2.75) is 155 Å². The Morgan fingerprint density at radius 3 is 1.77 bits per heavy atom. The van der Waals surface area contributed by atoms with Crippen LogP contribution in [0, 0.1) is 0 Å². The maximum atomic E-state index is 12.5. The highest BCUT2D eigenvalue weighted by Crippen LogP contribution is 2.43. The molecule has 0 rings (SSSR count). The topological polar surface area (TPSA) is 117 Å². The van der Waals surface area contributed by atoms with Gasteiger partial charge in [-0.3, -0.25) is 13.8 Å². The van der Waals surface area contributed by atoms with Crippen molar-refractivity contribution in [3.05, 3.63) is 24.3 Å². The Bertz CT molecular complexity index is 717. The highest BCUT2D eigenvalue weighted by Gasteiger charge is 2.25. The third-order valence-electron chi connectivity index (χ3n) is 7.09. The van der Waals surface area contributed by atoms with E-state index < -0.39 is 13.9 Å². The quantitative estimate of drug-likeness (QED) is 0.0318. The number of rotatable bonds is 33. The van der Waals surface area contributed by atoms with Crippen molar-refractivity contribution < 1.29 is 32.8 Å². The fourth-order valence-corrected chi connectivity index (χ4v) is 5.26. The number of hydrogen-bond donors (Lipinski definition) is 2. The van der Waals surface area contributed by atoms with Gasteiger partial charge in [-0.1, -0.05) is 109 Å². The van der Waals surface area contributed by atoms with Crippen LogP contribution in [0.5, 0.6) is 0 Å². The normalized spacial score (nSPS) is 14.0. The van der Waals surface area contributed by atoms with E-state index in [4.69, 9.17) is 24.3 Å². The Hall–Kier alpha value is -1.02. The zero-order valence-electron chi connectivity index (χ0n) is 27.7. The number of phosphoric ester groups is 1. The fourth-order valence-electron chi connectivity index (χ4n) is 4.50. The van der Waals surface area contributed by atoms with E-state index in [1.807, 2.05) is 0 Å². The maximum Gasteiger partial charge on any atom is 0.472 e. The van der Waals surface area contributed by atoms with Crippen LogP contribution in [0.2, 0.25) is 0 Å². The first kappa shape index (κ1) is 42.0. The van der Waals surface area contributed by atoms with Crippen LogP contribution < -0.4 is 5.73 Å². The molecule has 0 aromatic rings. The van der Waals surface area contributed by atoms with E-state index in [-0.39, 0.29) is 32.3 Å². The molecule has 2 atom stereocenters. The van der Waals surface area contributed by atoms with E-state index in [0.29, 0.717) is 13.0 Å². The van der Waals surface area contributed by atoms with Crippen LogP contribution in [-0.4, -0.2) is 49.9 Å². The van der Waals surface area contributed by atoms with Crippen molar-refractivity contribution in [1.82, 2.24) is 0 Å². The van der Waals surface area contributed by atoms with Crippen molar-refractivity contribution in [2.75, 3.05) is 33.0 Å². The molecule has 0 saturated heterocycles. The SMILES string of the molecule is CCCC/C=C\CCCCCCCCOCC(COP(=O)(O)OCCN)OC(=O)CCCCCCC/C=C\CCCCC. The number of esters is 1. The lowest BCUT2D eigenvalue weighted by Crippen LogP contribution is -2.28. The first-order valence-corrected chi connectivity index (χ1v) is 18.8. The molecular formula is C34H66NO7P. The lowest BCUT2D eigenvalue weighted by atomic mass is 10.1. The van der Waals surface area contributed by atoms with Gasteiger partial charge in [-0.05, 0) is 57.8 Å². The van der Waals surface area contributed by atoms with Gasteiger partial charge in [-0.2, -0.15) is 0 Å². The summed E-state index contributed by atoms with van der Waals surface area (Å²) in [5, 5.41) is 0. The molecule has 3 N–H and O–H groups in total. The molecule has 0 amide bonds. The minimum absolute atomic E-state index is 0.0976. The van der Waals surface area contributed by atoms with Gasteiger partial charge in [-0.25, -0.2) is 4.57 Å². The van der Waals surface area contributed by atoms with E-state index >= 15 is 0 Å². The molecule has 9 heteroatoms. The number of unbranched alkanes of at least 4 members (excludes halogenated alkanes) is 16. The molecule has 8 nitrogen and oxygen atoms in total. The average Bonchev–Trinajstić information content (AvgIpc) is 2.99. The van der Waals surface area contributed by atoms with Gasteiger partial charge in [0.15, 0.2) is 0 Å². The number of carbonyl (C=O) groups is 1. The lowest BCUT2D eigenvalue weighted by Gasteiger charge is -2.20. The summed E-state index contributed by atoms with van der Waals surface area (Å²) in [7, 11) is -4.27. The summed E-state index contributed by atoms with van der Waals surface area (Å²) >= 11 is 0. The summed E-state index contributed by atoms with van der Waals surface area (Å²) in [5.41, 5.74) is 5.33. The second kappa shape index (κ2) is 32.4. The van der Waals surface area contributed by atoms with Crippen molar-refractivity contribution in [3.8, 4) is 0 Å². The maximum absolute atomic E-state index is 12.5. The number of allylic oxidation sites excluding steroid dienone is 4. The summed E-state index contributed by atoms with van der Waals surface area (Å²) in [6, 6.07) is 0. The van der Waals surface area contributed by atoms with Crippen LogP contribution >= 0.6 is 7.82 Å². The number of phosphoric acid groups is 1. The first-order chi connectivity index (χ1) is 20.9. The highest BCUT2D eigenvalue weighted by atomic mass is 31.2. The summed E-state index contributed by atoms with van der Waals surface area (Å²) in [6.07, 6.45) is 31.8. The molecule has 0 radical (unpaired) electrons. The van der Waals surface area contributed by atoms with Crippen LogP contribution in [0.3, 0.4) is 0 Å². The second-order valence-electron chi connectivity index (χ2n) is 11.4. The van der Waals surface area contributed by atoms with Gasteiger partial charge in [0, 0.05) is 19.6 Å². The van der Waals surface area contributed by atoms with Gasteiger partial charge in [-0.15, -0.1) is 0 Å². The van der Waals surface area contributed by atoms with Crippen LogP contribution in [0.4, 0.5) is 0 Å². The predicted molar refractivity (Wildman–Crippen MR) is 178 cm³/mol. The summed E-state index contributed by atoms with van der Waals surface area (Å²) in [6.45, 7) is 4.82. The molecule has 0 aromatic heterocycles. The number of ether oxygens (including phenoxy) is 2. The summed E-state index contributed by atoms with van der Waals surface area (Å²) in [5.74, 6) is -0.344. The van der Waals surface area contributed by atoms with Crippen molar-refractivity contribution in [1.29, 1.82) is 0 Å². The van der Waals surface area contributed by atoms with E-state index in [0.717, 1.165) is 44.9 Å². The smallest absolute Gasteiger partial charge is 0.457 e. The third kappa shape index (κ3) is 32.2. The minimum atomic E-state index is -4.27. The van der Waals surface area contributed by atoms with E-state index in [1.54, 1.807) is 0 Å². The molecule has 0 aliphatic heterocycles. The van der Waals surface area contributed by atoms with Gasteiger partial charge in [0.1, 0.15) is 6.10 Å². The first-order valence-electron chi connectivity index (χ1n) is 17.3. The van der Waals surface area contributed by atoms with Gasteiger partial charge in [0.25, 0.3) is 0 Å². The molecule has 0 aliphatic carbocycles. The van der Waals surface area contributed by atoms with Crippen LogP contribution in [-0.2, 0) is 27.9 Å². The fraction of sp³-hybridized carbons (Fsp3) is 0.853. The Labute approximate surface area is 264 Å². The van der Waals surface area contributed by atoms with Gasteiger partial charge in [0.05, 0.1) is 19.8 Å². The summed E-state index contributed by atoms with van der Waals surface area (Å²) < 4.78 is 33.2. The number of carbonyl (C=O) groups excluding carboxylic acids is 1. The minimum Gasteiger partial charge on any atom is -0.457 e. The molecule has 0 aliphatic rings. The largest absolute Gasteiger partial charge is 0.472 e. The Kier molecular flexibility index (Phi) is 31.6. The Morgan fingerprint density at radius 1 is 0.674 bits per heavy atom. The highest BCUT2D eigenvalue weighted by molar-refractivity contribution is 7.47. The van der Waals surface area contributed by atoms with Crippen LogP contribution in [0.15, 0.2) is 24.3 Å². The Morgan fingerprint density at radius 2 is 1.19 bits per heavy atom. The molecule has 0 bridgehead atoms. The molecule has 0 saturated carbocycles. The third-order valence-corrected chi connectivity index (χ3v) is 8.08. The van der Waals surface area contributed by atoms with E-state index in [1.165, 1.54) is 83.5 Å². The average molecular weight is 632 g/mol. The zero-order chi connectivity index (χ0) is 31.7. The van der Waals surface area contributed by atoms with Gasteiger partial charge < -0.3 is 20.1 Å². The van der Waals surface area contributed by atoms with Crippen molar-refractivity contribution in [2.24, 2.45) is 5.73 Å². The molecule has 0 fully saturated rings. The molecule has 43 heavy (non-hydrogen) atoms. The zero-order valence-corrected chi connectivity index (χ0v) is 28.6. The summed E-state index contributed by atoms with van der Waals surface area (Å²) in [4.78, 5) is 22.3. The van der Waals surface area contributed by atoms with Crippen LogP contribution in [0.25, 0.3) is 0 Å². The van der Waals surface area contributed by atoms with E-state index in [2.05, 4.69) is 38.2 Å². The molecule has 0 heterocycles. The van der Waals surface area contributed by atoms with E-state index in [9.17, 15) is 14.3 Å². The molecule has 2 unspecified atom stereocenters. The van der Waals surface area contributed by atoms with Gasteiger partial charge in [0.2, 0.25) is 0 Å². The Balaban J connectivity index is 4.16. The molecule has 0 spiro atoms. The number of nitrogens with two attached hydrogens (primary N) is 1. The van der Waals surface area contributed by atoms with Crippen molar-refractivity contribution >= 4 is 13.8 Å². The molecule has 254 valence electrons. The lowest BCUT2D eigenvalue weighted by molar-refractivity contribution is -0.154. The molecule has 0 aromatic carbocycles. The van der Waals surface area contributed by atoms with Crippen molar-refractivity contribution in [3.63, 3.8) is 0 Å². The van der Waals surface area contributed by atoms with Gasteiger partial charge >= 0.3 is 13.8 Å². The monoisotopic (exact) mass is 631 g/mol. The second-order valence-corrected chi connectivity index (χ2v) is 12.8. The molecular weight excluding hydrogens is 565 g/mol. The standard InChI is InChI=1S/C34H66NO7P/c1-3-5-7-9-11-13-15-17-19-21-23-25-27-34(36)42-33(32-41-43(37,38)40-30-28-35)31-39-29-26-24-22-20-18-16-14-12-10-8-6-4-2/h10-13,33H,3-9,14-32,35H2,1-2H3,(H,37,38)/b12-10-,13-11-. The predicted octanol–water partition coefficient (Wildman–Crippen LogP) is 9.35.